The van der Waals surface area contributed by atoms with E-state index >= 15 is 0 Å². The van der Waals surface area contributed by atoms with Gasteiger partial charge in [-0.1, -0.05) is 0 Å². The molecule has 0 spiro atoms. The molecule has 0 aliphatic carbocycles. The smallest absolute Gasteiger partial charge is 0.305 e. The second-order valence-electron chi connectivity index (χ2n) is 6.19. The second kappa shape index (κ2) is 9.85. The van der Waals surface area contributed by atoms with Crippen LogP contribution in [0.4, 0.5) is 0 Å². The van der Waals surface area contributed by atoms with Crippen LogP contribution in [0.3, 0.4) is 0 Å². The number of ketones is 1. The van der Waals surface area contributed by atoms with Gasteiger partial charge in [0.1, 0.15) is 0 Å². The molecule has 0 aromatic carbocycles. The molecule has 2 atom stereocenters. The highest BCUT2D eigenvalue weighted by atomic mass is 16.5. The van der Waals surface area contributed by atoms with Crippen molar-refractivity contribution < 1.29 is 23.9 Å². The number of carbonyl (C=O) groups is 4. The van der Waals surface area contributed by atoms with E-state index in [9.17, 15) is 19.2 Å². The highest BCUT2D eigenvalue weighted by molar-refractivity contribution is 6.07. The minimum absolute atomic E-state index is 0.0411. The molecule has 10 nitrogen and oxygen atoms in total. The number of hydrogen-bond donors (Lipinski definition) is 3. The van der Waals surface area contributed by atoms with Crippen molar-refractivity contribution >= 4 is 29.9 Å². The maximum Gasteiger partial charge on any atom is 0.305 e. The third-order valence-electron chi connectivity index (χ3n) is 4.43. The number of Topliss-reactive ketones (excluding diaryl/α,β-unsaturated/α-hetero) is 1. The van der Waals surface area contributed by atoms with E-state index in [1.54, 1.807) is 0 Å². The molecule has 1 rings (SSSR count). The highest BCUT2D eigenvalue weighted by Gasteiger charge is 2.49. The molecule has 10 heteroatoms. The van der Waals surface area contributed by atoms with E-state index < -0.39 is 29.2 Å². The van der Waals surface area contributed by atoms with Crippen molar-refractivity contribution in [3.8, 4) is 0 Å². The van der Waals surface area contributed by atoms with E-state index in [0.717, 1.165) is 0 Å². The third kappa shape index (κ3) is 5.25. The number of carbonyl (C=O) groups excluding carboxylic acids is 4. The van der Waals surface area contributed by atoms with Gasteiger partial charge in [-0.05, 0) is 25.7 Å². The van der Waals surface area contributed by atoms with Crippen LogP contribution in [0.2, 0.25) is 0 Å². The third-order valence-corrected chi connectivity index (χ3v) is 4.43. The highest BCUT2D eigenvalue weighted by Crippen LogP contribution is 2.31. The van der Waals surface area contributed by atoms with Gasteiger partial charge in [0.15, 0.2) is 23.6 Å². The van der Waals surface area contributed by atoms with E-state index in [1.807, 2.05) is 0 Å². The molecule has 1 aliphatic rings. The molecule has 146 valence electrons. The summed E-state index contributed by atoms with van der Waals surface area (Å²) in [7, 11) is 1.22. The predicted molar refractivity (Wildman–Crippen MR) is 93.9 cm³/mol. The number of likely N-dealkylation sites (tertiary alicyclic amines) is 1. The van der Waals surface area contributed by atoms with Crippen LogP contribution in [0.1, 0.15) is 38.5 Å². The van der Waals surface area contributed by atoms with Crippen molar-refractivity contribution in [2.45, 2.75) is 50.1 Å². The largest absolute Gasteiger partial charge is 0.469 e. The summed E-state index contributed by atoms with van der Waals surface area (Å²) in [4.78, 5) is 53.3. The standard InChI is InChI=1S/C16H27N5O5/c1-26-13(24)6-5-12(23)16(10-22)7-3-9-21(16)14(25)11(17)4-2-8-20-15(18)19/h10-11H,2-9,17H2,1H3,(H4,18,19,20)/t11-,16-/m0/s1. The van der Waals surface area contributed by atoms with Gasteiger partial charge in [-0.15, -0.1) is 0 Å². The predicted octanol–water partition coefficient (Wildman–Crippen LogP) is -1.55. The minimum Gasteiger partial charge on any atom is -0.469 e. The van der Waals surface area contributed by atoms with Gasteiger partial charge in [0.2, 0.25) is 5.91 Å². The van der Waals surface area contributed by atoms with Crippen LogP contribution < -0.4 is 17.2 Å². The number of rotatable bonds is 10. The van der Waals surface area contributed by atoms with Crippen LogP contribution in [0, 0.1) is 0 Å². The van der Waals surface area contributed by atoms with Gasteiger partial charge in [0.05, 0.1) is 19.6 Å². The first-order valence-electron chi connectivity index (χ1n) is 8.47. The van der Waals surface area contributed by atoms with E-state index in [4.69, 9.17) is 17.2 Å². The van der Waals surface area contributed by atoms with Gasteiger partial charge in [-0.2, -0.15) is 0 Å². The number of aliphatic imine (C=N–C) groups is 1. The number of hydrogen-bond acceptors (Lipinski definition) is 7. The van der Waals surface area contributed by atoms with Gasteiger partial charge in [0.25, 0.3) is 0 Å². The number of aldehydes is 1. The molecule has 1 saturated heterocycles. The fourth-order valence-electron chi connectivity index (χ4n) is 3.00. The number of nitrogens with two attached hydrogens (primary N) is 3. The Morgan fingerprint density at radius 1 is 1.31 bits per heavy atom. The zero-order valence-corrected chi connectivity index (χ0v) is 15.0. The molecule has 0 radical (unpaired) electrons. The topological polar surface area (TPSA) is 171 Å². The summed E-state index contributed by atoms with van der Waals surface area (Å²) in [5.74, 6) is -1.53. The van der Waals surface area contributed by atoms with Crippen LogP contribution in [0.15, 0.2) is 4.99 Å². The molecule has 1 heterocycles. The molecule has 0 aromatic rings. The lowest BCUT2D eigenvalue weighted by molar-refractivity contribution is -0.149. The normalized spacial score (nSPS) is 20.3. The SMILES string of the molecule is COC(=O)CCC(=O)[C@@]1(C=O)CCCN1C(=O)[C@@H](N)CCCN=C(N)N. The average molecular weight is 369 g/mol. The summed E-state index contributed by atoms with van der Waals surface area (Å²) in [5, 5.41) is 0. The molecular weight excluding hydrogens is 342 g/mol. The van der Waals surface area contributed by atoms with Crippen molar-refractivity contribution in [2.75, 3.05) is 20.2 Å². The molecule has 0 aromatic heterocycles. The summed E-state index contributed by atoms with van der Waals surface area (Å²) in [5.41, 5.74) is 14.8. The number of methoxy groups -OCH3 is 1. The Kier molecular flexibility index (Phi) is 8.17. The molecule has 26 heavy (non-hydrogen) atoms. The molecule has 6 N–H and O–H groups in total. The van der Waals surface area contributed by atoms with Crippen molar-refractivity contribution in [3.05, 3.63) is 0 Å². The Hall–Kier alpha value is -2.49. The quantitative estimate of drug-likeness (QED) is 0.104. The molecule has 0 bridgehead atoms. The van der Waals surface area contributed by atoms with Crippen molar-refractivity contribution in [3.63, 3.8) is 0 Å². The van der Waals surface area contributed by atoms with Gasteiger partial charge >= 0.3 is 5.97 Å². The maximum absolute atomic E-state index is 12.7. The Bertz CT molecular complexity index is 575. The summed E-state index contributed by atoms with van der Waals surface area (Å²) in [6, 6.07) is -0.866. The average Bonchev–Trinajstić information content (AvgIpc) is 3.06. The summed E-state index contributed by atoms with van der Waals surface area (Å²) >= 11 is 0. The molecule has 1 aliphatic heterocycles. The van der Waals surface area contributed by atoms with E-state index in [2.05, 4.69) is 9.73 Å². The Balaban J connectivity index is 2.76. The zero-order valence-electron chi connectivity index (χ0n) is 15.0. The first-order chi connectivity index (χ1) is 12.3. The van der Waals surface area contributed by atoms with E-state index in [-0.39, 0.29) is 31.8 Å². The number of nitrogens with zero attached hydrogens (tertiary/aromatic N) is 2. The van der Waals surface area contributed by atoms with E-state index in [1.165, 1.54) is 12.0 Å². The zero-order chi connectivity index (χ0) is 19.7. The van der Waals surface area contributed by atoms with Crippen LogP contribution >= 0.6 is 0 Å². The van der Waals surface area contributed by atoms with Crippen LogP contribution in [0.25, 0.3) is 0 Å². The Morgan fingerprint density at radius 3 is 2.58 bits per heavy atom. The summed E-state index contributed by atoms with van der Waals surface area (Å²) < 4.78 is 4.51. The number of esters is 1. The summed E-state index contributed by atoms with van der Waals surface area (Å²) in [6.45, 7) is 0.601. The first-order valence-corrected chi connectivity index (χ1v) is 8.47. The monoisotopic (exact) mass is 369 g/mol. The van der Waals surface area contributed by atoms with Gasteiger partial charge in [0, 0.05) is 19.5 Å². The first kappa shape index (κ1) is 21.6. The van der Waals surface area contributed by atoms with E-state index in [0.29, 0.717) is 32.1 Å². The summed E-state index contributed by atoms with van der Waals surface area (Å²) in [6.07, 6.45) is 1.72. The lowest BCUT2D eigenvalue weighted by atomic mass is 9.89. The second-order valence-corrected chi connectivity index (χ2v) is 6.19. The minimum atomic E-state index is -1.55. The number of ether oxygens (including phenoxy) is 1. The van der Waals surface area contributed by atoms with Gasteiger partial charge in [-0.3, -0.25) is 19.4 Å². The molecule has 0 saturated carbocycles. The number of amides is 1. The molecule has 1 fully saturated rings. The van der Waals surface area contributed by atoms with Gasteiger partial charge in [-0.25, -0.2) is 0 Å². The lowest BCUT2D eigenvalue weighted by Crippen LogP contribution is -2.58. The lowest BCUT2D eigenvalue weighted by Gasteiger charge is -2.34. The van der Waals surface area contributed by atoms with Crippen molar-refractivity contribution in [1.82, 2.24) is 4.90 Å². The Morgan fingerprint density at radius 2 is 2.00 bits per heavy atom. The van der Waals surface area contributed by atoms with Gasteiger partial charge < -0.3 is 31.6 Å². The van der Waals surface area contributed by atoms with Crippen LogP contribution in [-0.2, 0) is 23.9 Å². The van der Waals surface area contributed by atoms with Crippen LogP contribution in [-0.4, -0.2) is 66.6 Å². The number of guanidine groups is 1. The molecule has 0 unspecified atom stereocenters. The molecule has 1 amide bonds. The fourth-order valence-corrected chi connectivity index (χ4v) is 3.00. The fraction of sp³-hybridized carbons (Fsp3) is 0.688. The molecular formula is C16H27N5O5. The van der Waals surface area contributed by atoms with Crippen molar-refractivity contribution in [2.24, 2.45) is 22.2 Å². The Labute approximate surface area is 152 Å². The van der Waals surface area contributed by atoms with Crippen LogP contribution in [0.5, 0.6) is 0 Å². The maximum atomic E-state index is 12.7. The van der Waals surface area contributed by atoms with Crippen molar-refractivity contribution in [1.29, 1.82) is 0 Å².